The topological polar surface area (TPSA) is 94.1 Å². The van der Waals surface area contributed by atoms with Crippen LogP contribution in [0.5, 0.6) is 0 Å². The molecule has 28 heavy (non-hydrogen) atoms. The molecule has 1 aromatic carbocycles. The maximum absolute atomic E-state index is 11.9. The number of hydrogen-bond donors (Lipinski definition) is 1. The molecule has 0 aliphatic rings. The Morgan fingerprint density at radius 2 is 1.96 bits per heavy atom. The van der Waals surface area contributed by atoms with E-state index in [9.17, 15) is 4.79 Å². The smallest absolute Gasteiger partial charge is 0.336 e. The van der Waals surface area contributed by atoms with Gasteiger partial charge in [0, 0.05) is 37.2 Å². The first-order valence-corrected chi connectivity index (χ1v) is 9.09. The molecule has 3 aromatic heterocycles. The first-order chi connectivity index (χ1) is 13.6. The Morgan fingerprint density at radius 1 is 1.11 bits per heavy atom. The summed E-state index contributed by atoms with van der Waals surface area (Å²) in [5.41, 5.74) is 4.12. The highest BCUT2D eigenvalue weighted by atomic mass is 16.5. The second-order valence-corrected chi connectivity index (χ2v) is 6.68. The molecule has 1 N–H and O–H groups in total. The summed E-state index contributed by atoms with van der Waals surface area (Å²) in [5.74, 6) is 1.02. The van der Waals surface area contributed by atoms with Crippen LogP contribution in [0.4, 0.5) is 0 Å². The molecule has 7 heteroatoms. The summed E-state index contributed by atoms with van der Waals surface area (Å²) in [6.07, 6.45) is 2.27. The minimum absolute atomic E-state index is 0.343. The van der Waals surface area contributed by atoms with Crippen molar-refractivity contribution < 1.29 is 8.94 Å². The number of fused-ring (bicyclic) bond motifs is 1. The molecule has 7 nitrogen and oxygen atoms in total. The second-order valence-electron chi connectivity index (χ2n) is 6.68. The zero-order chi connectivity index (χ0) is 19.5. The lowest BCUT2D eigenvalue weighted by molar-refractivity contribution is 0.376. The van der Waals surface area contributed by atoms with Crippen molar-refractivity contribution in [1.29, 1.82) is 0 Å². The van der Waals surface area contributed by atoms with Gasteiger partial charge in [0.1, 0.15) is 11.3 Å². The van der Waals surface area contributed by atoms with Gasteiger partial charge in [0.25, 0.3) is 0 Å². The summed E-state index contributed by atoms with van der Waals surface area (Å²) < 4.78 is 10.6. The lowest BCUT2D eigenvalue weighted by Crippen LogP contribution is -2.18. The van der Waals surface area contributed by atoms with E-state index in [1.807, 2.05) is 38.1 Å². The number of hydrogen-bond acceptors (Lipinski definition) is 7. The Labute approximate surface area is 161 Å². The third-order valence-electron chi connectivity index (χ3n) is 4.64. The van der Waals surface area contributed by atoms with Crippen molar-refractivity contribution in [3.05, 3.63) is 75.6 Å². The molecular weight excluding hydrogens is 356 g/mol. The number of aryl methyl sites for hydroxylation is 2. The van der Waals surface area contributed by atoms with E-state index in [-0.39, 0.29) is 5.63 Å². The van der Waals surface area contributed by atoms with Gasteiger partial charge in [-0.25, -0.2) is 4.79 Å². The summed E-state index contributed by atoms with van der Waals surface area (Å²) in [7, 11) is 0. The fraction of sp³-hybridized carbons (Fsp3) is 0.238. The van der Waals surface area contributed by atoms with Crippen molar-refractivity contribution in [3.63, 3.8) is 0 Å². The molecule has 0 saturated heterocycles. The summed E-state index contributed by atoms with van der Waals surface area (Å²) in [4.78, 5) is 20.4. The molecule has 0 fully saturated rings. The van der Waals surface area contributed by atoms with Crippen LogP contribution < -0.4 is 10.9 Å². The normalized spacial score (nSPS) is 11.2. The predicted octanol–water partition coefficient (Wildman–Crippen LogP) is 3.19. The van der Waals surface area contributed by atoms with Gasteiger partial charge in [-0.15, -0.1) is 0 Å². The molecule has 0 aliphatic carbocycles. The largest absolute Gasteiger partial charge is 0.423 e. The van der Waals surface area contributed by atoms with Crippen LogP contribution in [0.15, 0.2) is 56.3 Å². The van der Waals surface area contributed by atoms with Crippen molar-refractivity contribution in [2.75, 3.05) is 6.54 Å². The molecule has 0 atom stereocenters. The van der Waals surface area contributed by atoms with Gasteiger partial charge in [0.2, 0.25) is 11.7 Å². The van der Waals surface area contributed by atoms with Gasteiger partial charge in [-0.1, -0.05) is 11.2 Å². The fourth-order valence-electron chi connectivity index (χ4n) is 3.00. The van der Waals surface area contributed by atoms with Crippen molar-refractivity contribution in [1.82, 2.24) is 20.4 Å². The number of benzene rings is 1. The highest BCUT2D eigenvalue weighted by Crippen LogP contribution is 2.21. The summed E-state index contributed by atoms with van der Waals surface area (Å²) in [6.45, 7) is 5.23. The first-order valence-electron chi connectivity index (χ1n) is 9.09. The van der Waals surface area contributed by atoms with E-state index in [1.54, 1.807) is 6.20 Å². The molecule has 4 rings (SSSR count). The van der Waals surface area contributed by atoms with Crippen LogP contribution in [0.2, 0.25) is 0 Å². The highest BCUT2D eigenvalue weighted by molar-refractivity contribution is 5.81. The monoisotopic (exact) mass is 376 g/mol. The maximum Gasteiger partial charge on any atom is 0.336 e. The van der Waals surface area contributed by atoms with Gasteiger partial charge >= 0.3 is 5.63 Å². The van der Waals surface area contributed by atoms with Crippen molar-refractivity contribution in [2.45, 2.75) is 26.8 Å². The Morgan fingerprint density at radius 3 is 2.79 bits per heavy atom. The van der Waals surface area contributed by atoms with E-state index in [0.717, 1.165) is 22.1 Å². The van der Waals surface area contributed by atoms with Crippen molar-refractivity contribution in [3.8, 4) is 11.5 Å². The van der Waals surface area contributed by atoms with Crippen LogP contribution in [-0.2, 0) is 13.0 Å². The second kappa shape index (κ2) is 7.74. The summed E-state index contributed by atoms with van der Waals surface area (Å²) >= 11 is 0. The van der Waals surface area contributed by atoms with E-state index in [1.165, 1.54) is 6.07 Å². The zero-order valence-corrected chi connectivity index (χ0v) is 15.7. The van der Waals surface area contributed by atoms with E-state index in [0.29, 0.717) is 42.5 Å². The van der Waals surface area contributed by atoms with E-state index < -0.39 is 0 Å². The molecule has 142 valence electrons. The van der Waals surface area contributed by atoms with Crippen LogP contribution in [0.1, 0.15) is 22.6 Å². The lowest BCUT2D eigenvalue weighted by atomic mass is 10.0. The SMILES string of the molecule is Cc1cc2oc(=O)cc(CNCCc3nc(-c4ccccn4)no3)c2cc1C. The van der Waals surface area contributed by atoms with Crippen LogP contribution >= 0.6 is 0 Å². The summed E-state index contributed by atoms with van der Waals surface area (Å²) in [5, 5.41) is 8.24. The highest BCUT2D eigenvalue weighted by Gasteiger charge is 2.10. The molecule has 0 radical (unpaired) electrons. The number of nitrogens with one attached hydrogen (secondary N) is 1. The Balaban J connectivity index is 1.41. The third kappa shape index (κ3) is 3.84. The average molecular weight is 376 g/mol. The average Bonchev–Trinajstić information content (AvgIpc) is 3.16. The number of rotatable bonds is 6. The molecule has 0 unspecified atom stereocenters. The van der Waals surface area contributed by atoms with E-state index in [2.05, 4.69) is 26.5 Å². The Bertz CT molecular complexity index is 1170. The first kappa shape index (κ1) is 18.1. The molecular formula is C21H20N4O3. The third-order valence-corrected chi connectivity index (χ3v) is 4.64. The van der Waals surface area contributed by atoms with Crippen molar-refractivity contribution in [2.24, 2.45) is 0 Å². The summed E-state index contributed by atoms with van der Waals surface area (Å²) in [6, 6.07) is 11.1. The van der Waals surface area contributed by atoms with E-state index in [4.69, 9.17) is 8.94 Å². The van der Waals surface area contributed by atoms with Gasteiger partial charge in [0.15, 0.2) is 0 Å². The molecule has 3 heterocycles. The van der Waals surface area contributed by atoms with Gasteiger partial charge < -0.3 is 14.3 Å². The van der Waals surface area contributed by atoms with Gasteiger partial charge in [0.05, 0.1) is 0 Å². The molecule has 0 saturated carbocycles. The van der Waals surface area contributed by atoms with Crippen LogP contribution in [-0.4, -0.2) is 21.7 Å². The standard InChI is InChI=1S/C21H20N4O3/c1-13-9-16-15(11-20(26)27-18(16)10-14(13)2)12-22-8-6-19-24-21(25-28-19)17-5-3-4-7-23-17/h3-5,7,9-11,22H,6,8,12H2,1-2H3. The number of nitrogens with zero attached hydrogens (tertiary/aromatic N) is 3. The van der Waals surface area contributed by atoms with Crippen molar-refractivity contribution >= 4 is 11.0 Å². The molecule has 0 amide bonds. The number of aromatic nitrogens is 3. The van der Waals surface area contributed by atoms with Gasteiger partial charge in [-0.3, -0.25) is 4.98 Å². The van der Waals surface area contributed by atoms with Crippen LogP contribution in [0.3, 0.4) is 0 Å². The lowest BCUT2D eigenvalue weighted by Gasteiger charge is -2.09. The van der Waals surface area contributed by atoms with Gasteiger partial charge in [-0.05, 0) is 54.8 Å². The number of pyridine rings is 1. The van der Waals surface area contributed by atoms with E-state index >= 15 is 0 Å². The Kier molecular flexibility index (Phi) is 4.99. The molecule has 0 aliphatic heterocycles. The minimum Gasteiger partial charge on any atom is -0.423 e. The maximum atomic E-state index is 11.9. The van der Waals surface area contributed by atoms with Crippen LogP contribution in [0.25, 0.3) is 22.5 Å². The quantitative estimate of drug-likeness (QED) is 0.408. The fourth-order valence-corrected chi connectivity index (χ4v) is 3.00. The molecule has 0 spiro atoms. The minimum atomic E-state index is -0.343. The van der Waals surface area contributed by atoms with Crippen LogP contribution in [0, 0.1) is 13.8 Å². The molecule has 0 bridgehead atoms. The Hall–Kier alpha value is -3.32. The predicted molar refractivity (Wildman–Crippen MR) is 105 cm³/mol. The van der Waals surface area contributed by atoms with Gasteiger partial charge in [-0.2, -0.15) is 4.98 Å². The molecule has 4 aromatic rings. The zero-order valence-electron chi connectivity index (χ0n) is 15.7.